The minimum absolute atomic E-state index is 0.379. The number of rotatable bonds is 6. The molecule has 3 nitrogen and oxygen atoms in total. The van der Waals surface area contributed by atoms with Crippen molar-refractivity contribution in [2.75, 3.05) is 19.6 Å². The fourth-order valence-corrected chi connectivity index (χ4v) is 2.90. The van der Waals surface area contributed by atoms with Gasteiger partial charge in [-0.15, -0.1) is 0 Å². The first-order valence-electron chi connectivity index (χ1n) is 7.41. The molecular weight excluding hydrogens is 222 g/mol. The summed E-state index contributed by atoms with van der Waals surface area (Å²) in [6.45, 7) is 12.1. The zero-order chi connectivity index (χ0) is 13.6. The predicted molar refractivity (Wildman–Crippen MR) is 76.4 cm³/mol. The van der Waals surface area contributed by atoms with Crippen molar-refractivity contribution in [2.45, 2.75) is 65.0 Å². The van der Waals surface area contributed by atoms with E-state index >= 15 is 0 Å². The first-order valence-corrected chi connectivity index (χ1v) is 7.41. The Balaban J connectivity index is 2.50. The van der Waals surface area contributed by atoms with Crippen LogP contribution in [0.1, 0.15) is 53.4 Å². The average Bonchev–Trinajstić information content (AvgIpc) is 2.36. The van der Waals surface area contributed by atoms with Crippen molar-refractivity contribution in [1.29, 1.82) is 5.26 Å². The minimum Gasteiger partial charge on any atom is -0.300 e. The van der Waals surface area contributed by atoms with Crippen LogP contribution in [0.15, 0.2) is 0 Å². The lowest BCUT2D eigenvalue weighted by Gasteiger charge is -2.38. The van der Waals surface area contributed by atoms with Gasteiger partial charge in [-0.05, 0) is 58.5 Å². The number of hydrogen-bond acceptors (Lipinski definition) is 3. The Kier molecular flexibility index (Phi) is 6.11. The Hall–Kier alpha value is -0.590. The number of nitrogens with one attached hydrogen (secondary N) is 1. The minimum atomic E-state index is -0.379. The van der Waals surface area contributed by atoms with Crippen LogP contribution in [0.5, 0.6) is 0 Å². The van der Waals surface area contributed by atoms with Gasteiger partial charge < -0.3 is 4.90 Å². The number of likely N-dealkylation sites (tertiary alicyclic amines) is 1. The molecule has 0 saturated carbocycles. The molecule has 1 aliphatic rings. The molecule has 1 fully saturated rings. The quantitative estimate of drug-likeness (QED) is 0.789. The summed E-state index contributed by atoms with van der Waals surface area (Å²) in [6.07, 6.45) is 4.65. The van der Waals surface area contributed by atoms with Gasteiger partial charge in [0.25, 0.3) is 0 Å². The van der Waals surface area contributed by atoms with Crippen molar-refractivity contribution in [3.63, 3.8) is 0 Å². The molecule has 1 N–H and O–H groups in total. The third kappa shape index (κ3) is 4.59. The van der Waals surface area contributed by atoms with Crippen LogP contribution in [0.25, 0.3) is 0 Å². The Morgan fingerprint density at radius 2 is 2.28 bits per heavy atom. The Labute approximate surface area is 113 Å². The van der Waals surface area contributed by atoms with Crippen LogP contribution in [0.2, 0.25) is 0 Å². The monoisotopic (exact) mass is 251 g/mol. The van der Waals surface area contributed by atoms with Gasteiger partial charge in [-0.25, -0.2) is 0 Å². The van der Waals surface area contributed by atoms with E-state index in [1.54, 1.807) is 0 Å². The third-order valence-corrected chi connectivity index (χ3v) is 4.03. The first kappa shape index (κ1) is 15.5. The maximum Gasteiger partial charge on any atom is 0.105 e. The molecule has 0 amide bonds. The number of nitrogens with zero attached hydrogens (tertiary/aromatic N) is 2. The van der Waals surface area contributed by atoms with Crippen molar-refractivity contribution in [3.8, 4) is 6.07 Å². The van der Waals surface area contributed by atoms with Crippen LogP contribution in [-0.2, 0) is 0 Å². The van der Waals surface area contributed by atoms with Crippen LogP contribution in [0, 0.1) is 17.2 Å². The molecule has 0 radical (unpaired) electrons. The molecule has 1 heterocycles. The summed E-state index contributed by atoms with van der Waals surface area (Å²) in [5.41, 5.74) is -0.379. The summed E-state index contributed by atoms with van der Waals surface area (Å²) in [5.74, 6) is 0.804. The van der Waals surface area contributed by atoms with Crippen LogP contribution in [0.4, 0.5) is 0 Å². The fourth-order valence-electron chi connectivity index (χ4n) is 2.90. The Morgan fingerprint density at radius 3 is 2.83 bits per heavy atom. The highest BCUT2D eigenvalue weighted by molar-refractivity contribution is 5.05. The van der Waals surface area contributed by atoms with Crippen LogP contribution in [0.3, 0.4) is 0 Å². The summed E-state index contributed by atoms with van der Waals surface area (Å²) in [5, 5.41) is 12.8. The van der Waals surface area contributed by atoms with E-state index < -0.39 is 0 Å². The summed E-state index contributed by atoms with van der Waals surface area (Å²) in [4.78, 5) is 2.55. The van der Waals surface area contributed by atoms with E-state index in [1.807, 2.05) is 6.92 Å². The largest absolute Gasteiger partial charge is 0.300 e. The summed E-state index contributed by atoms with van der Waals surface area (Å²) in [7, 11) is 0. The van der Waals surface area contributed by atoms with Gasteiger partial charge >= 0.3 is 0 Å². The number of hydrogen-bond donors (Lipinski definition) is 1. The molecule has 104 valence electrons. The summed E-state index contributed by atoms with van der Waals surface area (Å²) < 4.78 is 0. The lowest BCUT2D eigenvalue weighted by molar-refractivity contribution is 0.120. The second-order valence-electron chi connectivity index (χ2n) is 6.17. The molecule has 18 heavy (non-hydrogen) atoms. The summed E-state index contributed by atoms with van der Waals surface area (Å²) in [6, 6.07) is 2.94. The molecule has 3 unspecified atom stereocenters. The topological polar surface area (TPSA) is 39.1 Å². The highest BCUT2D eigenvalue weighted by Gasteiger charge is 2.29. The van der Waals surface area contributed by atoms with Gasteiger partial charge in [0, 0.05) is 12.6 Å². The van der Waals surface area contributed by atoms with Crippen molar-refractivity contribution < 1.29 is 0 Å². The molecule has 1 rings (SSSR count). The fraction of sp³-hybridized carbons (Fsp3) is 0.933. The molecule has 1 saturated heterocycles. The lowest BCUT2D eigenvalue weighted by atomic mass is 9.91. The molecule has 0 spiro atoms. The molecule has 0 aliphatic carbocycles. The van der Waals surface area contributed by atoms with E-state index in [0.717, 1.165) is 25.3 Å². The normalized spacial score (nSPS) is 26.3. The van der Waals surface area contributed by atoms with Crippen molar-refractivity contribution in [1.82, 2.24) is 10.2 Å². The maximum atomic E-state index is 9.38. The average molecular weight is 251 g/mol. The van der Waals surface area contributed by atoms with Gasteiger partial charge in [-0.2, -0.15) is 5.26 Å². The molecule has 0 aromatic carbocycles. The molecule has 0 bridgehead atoms. The van der Waals surface area contributed by atoms with E-state index in [0.29, 0.717) is 6.04 Å². The van der Waals surface area contributed by atoms with Crippen molar-refractivity contribution in [3.05, 3.63) is 0 Å². The molecule has 3 atom stereocenters. The van der Waals surface area contributed by atoms with Gasteiger partial charge in [0.15, 0.2) is 0 Å². The van der Waals surface area contributed by atoms with E-state index in [9.17, 15) is 5.26 Å². The van der Waals surface area contributed by atoms with E-state index in [1.165, 1.54) is 25.9 Å². The lowest BCUT2D eigenvalue weighted by Crippen LogP contribution is -2.49. The number of nitriles is 1. The highest BCUT2D eigenvalue weighted by Crippen LogP contribution is 2.22. The van der Waals surface area contributed by atoms with Gasteiger partial charge in [-0.3, -0.25) is 5.32 Å². The van der Waals surface area contributed by atoms with Gasteiger partial charge in [-0.1, -0.05) is 13.8 Å². The molecule has 0 aromatic rings. The molecule has 0 aromatic heterocycles. The SMILES string of the molecule is CCCNC(C)(C#N)CC(C)N1CCCC(C)C1. The Morgan fingerprint density at radius 1 is 1.56 bits per heavy atom. The van der Waals surface area contributed by atoms with Crippen molar-refractivity contribution in [2.24, 2.45) is 5.92 Å². The summed E-state index contributed by atoms with van der Waals surface area (Å²) >= 11 is 0. The zero-order valence-electron chi connectivity index (χ0n) is 12.5. The smallest absolute Gasteiger partial charge is 0.105 e. The first-order chi connectivity index (χ1) is 8.50. The van der Waals surface area contributed by atoms with Gasteiger partial charge in [0.2, 0.25) is 0 Å². The Bertz CT molecular complexity index is 284. The van der Waals surface area contributed by atoms with Gasteiger partial charge in [0.1, 0.15) is 5.54 Å². The second-order valence-corrected chi connectivity index (χ2v) is 6.17. The molecular formula is C15H29N3. The maximum absolute atomic E-state index is 9.38. The van der Waals surface area contributed by atoms with Crippen molar-refractivity contribution >= 4 is 0 Å². The number of piperidine rings is 1. The van der Waals surface area contributed by atoms with E-state index in [2.05, 4.69) is 37.1 Å². The standard InChI is InChI=1S/C15H29N3/c1-5-8-17-15(4,12-16)10-14(3)18-9-6-7-13(2)11-18/h13-14,17H,5-11H2,1-4H3. The molecule has 1 aliphatic heterocycles. The van der Waals surface area contributed by atoms with Gasteiger partial charge in [0.05, 0.1) is 6.07 Å². The van der Waals surface area contributed by atoms with E-state index in [-0.39, 0.29) is 5.54 Å². The van der Waals surface area contributed by atoms with E-state index in [4.69, 9.17) is 0 Å². The van der Waals surface area contributed by atoms with Crippen LogP contribution in [-0.4, -0.2) is 36.1 Å². The van der Waals surface area contributed by atoms with Crippen LogP contribution < -0.4 is 5.32 Å². The third-order valence-electron chi connectivity index (χ3n) is 4.03. The molecule has 3 heteroatoms. The highest BCUT2D eigenvalue weighted by atomic mass is 15.2. The predicted octanol–water partition coefficient (Wildman–Crippen LogP) is 2.78. The second kappa shape index (κ2) is 7.11. The zero-order valence-corrected chi connectivity index (χ0v) is 12.5. The van der Waals surface area contributed by atoms with Crippen LogP contribution >= 0.6 is 0 Å².